The minimum absolute atomic E-state index is 0.0106. The number of aliphatic hydroxyl groups is 1. The fraction of sp³-hybridized carbons (Fsp3) is 0.464. The van der Waals surface area contributed by atoms with Gasteiger partial charge >= 0.3 is 5.97 Å². The molecule has 5 nitrogen and oxygen atoms in total. The van der Waals surface area contributed by atoms with Crippen LogP contribution in [0.1, 0.15) is 54.7 Å². The molecule has 184 valence electrons. The SMILES string of the molecule is COC(=O)CCC/C=C\C[C@@H]1[C@@H](c2ccc(COCc3ccc(OC)cc3)cc2)[C@H](O)C[C@@H]1Cl. The third kappa shape index (κ3) is 7.59. The van der Waals surface area contributed by atoms with Crippen molar-refractivity contribution < 1.29 is 24.1 Å². The Morgan fingerprint density at radius 3 is 2.29 bits per heavy atom. The summed E-state index contributed by atoms with van der Waals surface area (Å²) in [5.41, 5.74) is 3.30. The molecule has 0 spiro atoms. The largest absolute Gasteiger partial charge is 0.497 e. The molecule has 34 heavy (non-hydrogen) atoms. The summed E-state index contributed by atoms with van der Waals surface area (Å²) in [4.78, 5) is 11.2. The van der Waals surface area contributed by atoms with Crippen LogP contribution in [0.15, 0.2) is 60.7 Å². The van der Waals surface area contributed by atoms with Gasteiger partial charge in [-0.25, -0.2) is 0 Å². The van der Waals surface area contributed by atoms with Crippen molar-refractivity contribution in [1.82, 2.24) is 0 Å². The fourth-order valence-electron chi connectivity index (χ4n) is 4.51. The van der Waals surface area contributed by atoms with Gasteiger partial charge in [-0.15, -0.1) is 11.6 Å². The maximum atomic E-state index is 11.2. The number of rotatable bonds is 12. The Morgan fingerprint density at radius 2 is 1.68 bits per heavy atom. The van der Waals surface area contributed by atoms with E-state index in [0.29, 0.717) is 26.1 Å². The van der Waals surface area contributed by atoms with Crippen molar-refractivity contribution in [3.05, 3.63) is 77.4 Å². The molecule has 2 aromatic rings. The van der Waals surface area contributed by atoms with Crippen molar-refractivity contribution in [3.8, 4) is 5.75 Å². The lowest BCUT2D eigenvalue weighted by atomic mass is 9.85. The first-order valence-electron chi connectivity index (χ1n) is 11.8. The van der Waals surface area contributed by atoms with E-state index in [1.807, 2.05) is 24.3 Å². The van der Waals surface area contributed by atoms with Crippen LogP contribution in [0.4, 0.5) is 0 Å². The summed E-state index contributed by atoms with van der Waals surface area (Å²) in [6.45, 7) is 1.06. The van der Waals surface area contributed by atoms with E-state index in [2.05, 4.69) is 41.2 Å². The summed E-state index contributed by atoms with van der Waals surface area (Å²) in [5, 5.41) is 10.6. The highest BCUT2D eigenvalue weighted by Gasteiger charge is 2.41. The molecule has 0 unspecified atom stereocenters. The Balaban J connectivity index is 1.50. The van der Waals surface area contributed by atoms with Crippen molar-refractivity contribution in [3.63, 3.8) is 0 Å². The minimum Gasteiger partial charge on any atom is -0.497 e. The van der Waals surface area contributed by atoms with Crippen molar-refractivity contribution in [1.29, 1.82) is 0 Å². The number of ether oxygens (including phenoxy) is 3. The number of allylic oxidation sites excluding steroid dienone is 2. The molecule has 0 aliphatic heterocycles. The molecule has 3 rings (SSSR count). The van der Waals surface area contributed by atoms with Gasteiger partial charge in [-0.1, -0.05) is 48.6 Å². The number of hydrogen-bond donors (Lipinski definition) is 1. The van der Waals surface area contributed by atoms with Gasteiger partial charge in [0.2, 0.25) is 0 Å². The number of aliphatic hydroxyl groups excluding tert-OH is 1. The zero-order valence-corrected chi connectivity index (χ0v) is 20.7. The van der Waals surface area contributed by atoms with Gasteiger partial charge in [0.1, 0.15) is 5.75 Å². The molecule has 1 aliphatic carbocycles. The van der Waals surface area contributed by atoms with Gasteiger partial charge in [-0.3, -0.25) is 4.79 Å². The highest BCUT2D eigenvalue weighted by Crippen LogP contribution is 2.44. The van der Waals surface area contributed by atoms with E-state index < -0.39 is 6.10 Å². The van der Waals surface area contributed by atoms with Crippen molar-refractivity contribution in [2.75, 3.05) is 14.2 Å². The summed E-state index contributed by atoms with van der Waals surface area (Å²) >= 11 is 6.61. The highest BCUT2D eigenvalue weighted by atomic mass is 35.5. The number of halogens is 1. The van der Waals surface area contributed by atoms with Crippen LogP contribution < -0.4 is 4.74 Å². The quantitative estimate of drug-likeness (QED) is 0.178. The maximum Gasteiger partial charge on any atom is 0.305 e. The number of alkyl halides is 1. The summed E-state index contributed by atoms with van der Waals surface area (Å²) < 4.78 is 15.7. The first-order chi connectivity index (χ1) is 16.5. The monoisotopic (exact) mass is 486 g/mol. The molecule has 1 N–H and O–H groups in total. The molecule has 6 heteroatoms. The predicted octanol–water partition coefficient (Wildman–Crippen LogP) is 5.77. The molecule has 1 aliphatic rings. The van der Waals surface area contributed by atoms with Gasteiger partial charge in [0.15, 0.2) is 0 Å². The average Bonchev–Trinajstić information content (AvgIpc) is 3.14. The zero-order chi connectivity index (χ0) is 24.3. The van der Waals surface area contributed by atoms with Crippen LogP contribution in [0.3, 0.4) is 0 Å². The van der Waals surface area contributed by atoms with E-state index in [1.54, 1.807) is 7.11 Å². The predicted molar refractivity (Wildman–Crippen MR) is 134 cm³/mol. The van der Waals surface area contributed by atoms with Crippen molar-refractivity contribution in [2.24, 2.45) is 5.92 Å². The molecule has 0 aromatic heterocycles. The number of methoxy groups -OCH3 is 2. The van der Waals surface area contributed by atoms with Crippen molar-refractivity contribution in [2.45, 2.75) is 62.7 Å². The molecule has 4 atom stereocenters. The summed E-state index contributed by atoms with van der Waals surface area (Å²) in [7, 11) is 3.06. The molecule has 2 aromatic carbocycles. The first-order valence-corrected chi connectivity index (χ1v) is 12.3. The molecular formula is C28H35ClO5. The van der Waals surface area contributed by atoms with Gasteiger partial charge in [0.05, 0.1) is 33.5 Å². The van der Waals surface area contributed by atoms with Gasteiger partial charge in [-0.2, -0.15) is 0 Å². The van der Waals surface area contributed by atoms with E-state index in [1.165, 1.54) is 7.11 Å². The molecule has 0 bridgehead atoms. The van der Waals surface area contributed by atoms with E-state index in [9.17, 15) is 9.90 Å². The van der Waals surface area contributed by atoms with Crippen LogP contribution in [0.5, 0.6) is 5.75 Å². The average molecular weight is 487 g/mol. The molecule has 0 heterocycles. The van der Waals surface area contributed by atoms with Crippen LogP contribution in [0.2, 0.25) is 0 Å². The van der Waals surface area contributed by atoms with Crippen LogP contribution >= 0.6 is 11.6 Å². The number of carbonyl (C=O) groups excluding carboxylic acids is 1. The maximum absolute atomic E-state index is 11.2. The van der Waals surface area contributed by atoms with Gasteiger partial charge in [0.25, 0.3) is 0 Å². The Kier molecular flexibility index (Phi) is 10.4. The normalized spacial score (nSPS) is 22.2. The summed E-state index contributed by atoms with van der Waals surface area (Å²) in [5.74, 6) is 0.838. The van der Waals surface area contributed by atoms with Crippen LogP contribution in [0.25, 0.3) is 0 Å². The molecular weight excluding hydrogens is 452 g/mol. The molecule has 0 radical (unpaired) electrons. The van der Waals surface area contributed by atoms with Crippen LogP contribution in [-0.2, 0) is 27.5 Å². The van der Waals surface area contributed by atoms with Gasteiger partial charge < -0.3 is 19.3 Å². The van der Waals surface area contributed by atoms with Crippen LogP contribution in [-0.4, -0.2) is 36.8 Å². The Morgan fingerprint density at radius 1 is 1.03 bits per heavy atom. The lowest BCUT2D eigenvalue weighted by molar-refractivity contribution is -0.140. The third-order valence-electron chi connectivity index (χ3n) is 6.42. The zero-order valence-electron chi connectivity index (χ0n) is 20.0. The minimum atomic E-state index is -0.447. The van der Waals surface area contributed by atoms with Crippen molar-refractivity contribution >= 4 is 17.6 Å². The van der Waals surface area contributed by atoms with E-state index >= 15 is 0 Å². The van der Waals surface area contributed by atoms with Gasteiger partial charge in [0, 0.05) is 17.7 Å². The first kappa shape index (κ1) is 26.3. The molecule has 1 fully saturated rings. The standard InChI is InChI=1S/C28H35ClO5/c1-32-23-15-11-21(12-16-23)19-34-18-20-9-13-22(14-10-20)28-24(25(29)17-26(28)30)7-5-3-4-6-8-27(31)33-2/h3,5,9-16,24-26,28,30H,4,6-8,17-19H2,1-2H3/b5-3-/t24-,25-,26+,28+/m0/s1. The number of benzene rings is 2. The Hall–Kier alpha value is -2.34. The van der Waals surface area contributed by atoms with Crippen LogP contribution in [0, 0.1) is 5.92 Å². The van der Waals surface area contributed by atoms with E-state index in [0.717, 1.165) is 41.7 Å². The Bertz CT molecular complexity index is 909. The highest BCUT2D eigenvalue weighted by molar-refractivity contribution is 6.21. The summed E-state index contributed by atoms with van der Waals surface area (Å²) in [6, 6.07) is 16.2. The lowest BCUT2D eigenvalue weighted by Gasteiger charge is -2.23. The lowest BCUT2D eigenvalue weighted by Crippen LogP contribution is -2.18. The number of unbranched alkanes of at least 4 members (excludes halogenated alkanes) is 1. The van der Waals surface area contributed by atoms with E-state index in [-0.39, 0.29) is 23.2 Å². The summed E-state index contributed by atoms with van der Waals surface area (Å²) in [6.07, 6.45) is 7.21. The fourth-order valence-corrected chi connectivity index (χ4v) is 4.95. The molecule has 1 saturated carbocycles. The second kappa shape index (κ2) is 13.5. The Labute approximate surface area is 207 Å². The molecule has 0 amide bonds. The second-order valence-corrected chi connectivity index (χ2v) is 9.33. The number of esters is 1. The topological polar surface area (TPSA) is 65.0 Å². The molecule has 0 saturated heterocycles. The number of hydrogen-bond acceptors (Lipinski definition) is 5. The van der Waals surface area contributed by atoms with Gasteiger partial charge in [-0.05, 0) is 60.4 Å². The third-order valence-corrected chi connectivity index (χ3v) is 6.92. The smallest absolute Gasteiger partial charge is 0.305 e. The second-order valence-electron chi connectivity index (χ2n) is 8.77. The van der Waals surface area contributed by atoms with E-state index in [4.69, 9.17) is 21.1 Å². The number of carbonyl (C=O) groups is 1.